The highest BCUT2D eigenvalue weighted by Crippen LogP contribution is 2.12. The monoisotopic (exact) mass is 745 g/mol. The van der Waals surface area contributed by atoms with E-state index in [2.05, 4.69) is 24.3 Å². The zero-order valence-corrected chi connectivity index (χ0v) is 31.4. The van der Waals surface area contributed by atoms with Crippen molar-refractivity contribution in [1.82, 2.24) is 0 Å². The average molecular weight is 747 g/mol. The molecule has 3 rings (SSSR count). The molecule has 2 aliphatic rings. The van der Waals surface area contributed by atoms with Crippen molar-refractivity contribution in [2.45, 2.75) is 124 Å². The summed E-state index contributed by atoms with van der Waals surface area (Å²) in [5.74, 6) is -0.0241. The van der Waals surface area contributed by atoms with Crippen LogP contribution in [0, 0.1) is 11.8 Å². The van der Waals surface area contributed by atoms with E-state index < -0.39 is 0 Å². The zero-order valence-electron chi connectivity index (χ0n) is 29.8. The third-order valence-corrected chi connectivity index (χ3v) is 7.20. The minimum Gasteiger partial charge on any atom is -1.00 e. The second kappa shape index (κ2) is 31.3. The number of cyclic esters (lactones) is 2. The van der Waals surface area contributed by atoms with Crippen LogP contribution in [0.1, 0.15) is 117 Å². The third kappa shape index (κ3) is 29.2. The number of methoxy groups -OCH3 is 1. The Morgan fingerprint density at radius 3 is 2.17 bits per heavy atom. The Hall–Kier alpha value is -2.99. The largest absolute Gasteiger partial charge is 1.00 e. The molecule has 3 N–H and O–H groups in total. The molecule has 0 bridgehead atoms. The normalized spacial score (nSPS) is 15.8. The maximum Gasteiger partial charge on any atom is 0.308 e. The third-order valence-electron chi connectivity index (χ3n) is 7.20. The van der Waals surface area contributed by atoms with E-state index in [0.29, 0.717) is 64.1 Å². The van der Waals surface area contributed by atoms with E-state index in [0.717, 1.165) is 63.4 Å². The van der Waals surface area contributed by atoms with Crippen molar-refractivity contribution in [1.29, 1.82) is 0 Å². The number of hydrogen-bond acceptors (Lipinski definition) is 10. The number of ether oxygens (including phenoxy) is 5. The Labute approximate surface area is 298 Å². The quantitative estimate of drug-likeness (QED) is 0.181. The summed E-state index contributed by atoms with van der Waals surface area (Å²) in [4.78, 5) is 54.1. The van der Waals surface area contributed by atoms with Crippen molar-refractivity contribution in [3.63, 3.8) is 0 Å². The van der Waals surface area contributed by atoms with Crippen molar-refractivity contribution in [2.24, 2.45) is 11.8 Å². The first-order valence-corrected chi connectivity index (χ1v) is 17.1. The van der Waals surface area contributed by atoms with Gasteiger partial charge in [0.15, 0.2) is 0 Å². The smallest absolute Gasteiger partial charge is 0.308 e. The Kier molecular flexibility index (Phi) is 30.7. The summed E-state index contributed by atoms with van der Waals surface area (Å²) < 4.78 is 24.2. The summed E-state index contributed by atoms with van der Waals surface area (Å²) in [5.41, 5.74) is 4.95. The first-order valence-electron chi connectivity index (χ1n) is 17.1. The van der Waals surface area contributed by atoms with Gasteiger partial charge >= 0.3 is 29.8 Å². The Morgan fingerprint density at radius 1 is 0.896 bits per heavy atom. The lowest BCUT2D eigenvalue weighted by atomic mass is 10.1. The molecule has 1 aromatic carbocycles. The second-order valence-corrected chi connectivity index (χ2v) is 12.0. The molecule has 12 heteroatoms. The van der Waals surface area contributed by atoms with Crippen LogP contribution in [0.25, 0.3) is 0 Å². The van der Waals surface area contributed by atoms with Crippen LogP contribution in [-0.2, 0) is 54.3 Å². The van der Waals surface area contributed by atoms with Gasteiger partial charge in [0.2, 0.25) is 0 Å². The fourth-order valence-electron chi connectivity index (χ4n) is 3.89. The summed E-state index contributed by atoms with van der Waals surface area (Å²) in [6.07, 6.45) is 10.5. The number of halogens is 1. The Morgan fingerprint density at radius 2 is 1.58 bits per heavy atom. The fourth-order valence-corrected chi connectivity index (χ4v) is 3.89. The van der Waals surface area contributed by atoms with Gasteiger partial charge in [-0.15, -0.1) is 0 Å². The molecule has 0 aliphatic carbocycles. The average Bonchev–Trinajstić information content (AvgIpc) is 3.33. The van der Waals surface area contributed by atoms with Gasteiger partial charge in [0.1, 0.15) is 6.61 Å². The molecule has 0 spiro atoms. The Bertz CT molecular complexity index is 986. The number of rotatable bonds is 13. The highest BCUT2D eigenvalue weighted by Gasteiger charge is 2.14. The van der Waals surface area contributed by atoms with E-state index in [1.807, 2.05) is 44.2 Å². The van der Waals surface area contributed by atoms with Crippen LogP contribution >= 0.6 is 0 Å². The Balaban J connectivity index is 0. The standard InChI is InChI=1S/C13H25NO4.C11H14O2.2C6H10O2.BrH/c1-3-11(14)8-9-13(16)18-10-6-4-5-7-12(15)17-2;1-9(2)11(12)13-8-10-6-4-3-5-7-10;1-5-2-3-6(7)8-4-5;7-6-4-2-1-3-5-8-6;/h11H,3-10,14H2,1-2H3;3-7,9H,8H2,1-2H3;5H,2-4H2,1H3;1-5H2;1H. The van der Waals surface area contributed by atoms with Crippen LogP contribution in [0.3, 0.4) is 0 Å². The predicted molar refractivity (Wildman–Crippen MR) is 178 cm³/mol. The van der Waals surface area contributed by atoms with Gasteiger partial charge in [0.25, 0.3) is 0 Å². The number of hydrogen-bond donors (Lipinski definition) is 1. The summed E-state index contributed by atoms with van der Waals surface area (Å²) in [5, 5.41) is 0. The first-order chi connectivity index (χ1) is 22.5. The molecule has 11 nitrogen and oxygen atoms in total. The molecule has 2 heterocycles. The van der Waals surface area contributed by atoms with Gasteiger partial charge in [-0.3, -0.25) is 24.0 Å². The first kappa shape index (κ1) is 47.1. The van der Waals surface area contributed by atoms with Crippen LogP contribution < -0.4 is 22.7 Å². The SMILES string of the molecule is CC(C)C(=O)OCc1ccccc1.CC1CCC(=O)OC1.CCC([NH3+])CCC(=O)OCCCCCC(=O)OC.O=C1CCCCCO1.[Br-]. The van der Waals surface area contributed by atoms with Crippen LogP contribution in [0.5, 0.6) is 0 Å². The van der Waals surface area contributed by atoms with E-state index in [1.165, 1.54) is 7.11 Å². The van der Waals surface area contributed by atoms with Crippen molar-refractivity contribution >= 4 is 29.8 Å². The molecule has 0 saturated carbocycles. The molecule has 2 unspecified atom stereocenters. The highest BCUT2D eigenvalue weighted by molar-refractivity contribution is 5.71. The van der Waals surface area contributed by atoms with E-state index in [-0.39, 0.29) is 52.7 Å². The molecule has 2 saturated heterocycles. The minimum atomic E-state index is -0.187. The minimum absolute atomic E-state index is 0. The highest BCUT2D eigenvalue weighted by atomic mass is 79.9. The summed E-state index contributed by atoms with van der Waals surface area (Å²) in [6, 6.07) is 10.0. The number of unbranched alkanes of at least 4 members (excludes halogenated alkanes) is 2. The van der Waals surface area contributed by atoms with Crippen LogP contribution in [0.15, 0.2) is 30.3 Å². The van der Waals surface area contributed by atoms with Gasteiger partial charge in [0, 0.05) is 25.7 Å². The molecular formula is C36H60BrNO10. The molecule has 276 valence electrons. The lowest BCUT2D eigenvalue weighted by Crippen LogP contribution is -3.00. The van der Waals surface area contributed by atoms with Gasteiger partial charge in [-0.25, -0.2) is 0 Å². The molecule has 2 fully saturated rings. The van der Waals surface area contributed by atoms with E-state index in [1.54, 1.807) is 0 Å². The summed E-state index contributed by atoms with van der Waals surface area (Å²) in [7, 11) is 1.39. The van der Waals surface area contributed by atoms with Crippen molar-refractivity contribution in [3.8, 4) is 0 Å². The predicted octanol–water partition coefficient (Wildman–Crippen LogP) is 2.52. The van der Waals surface area contributed by atoms with Gasteiger partial charge in [-0.05, 0) is 62.8 Å². The van der Waals surface area contributed by atoms with Gasteiger partial charge in [0.05, 0.1) is 45.3 Å². The number of carbonyl (C=O) groups excluding carboxylic acids is 5. The topological polar surface area (TPSA) is 159 Å². The summed E-state index contributed by atoms with van der Waals surface area (Å²) >= 11 is 0. The van der Waals surface area contributed by atoms with Crippen molar-refractivity contribution in [2.75, 3.05) is 26.9 Å². The zero-order chi connectivity index (χ0) is 35.3. The van der Waals surface area contributed by atoms with Crippen molar-refractivity contribution < 1.29 is 70.4 Å². The summed E-state index contributed by atoms with van der Waals surface area (Å²) in [6.45, 7) is 9.88. The number of quaternary nitrogens is 1. The fraction of sp³-hybridized carbons (Fsp3) is 0.694. The number of carbonyl (C=O) groups is 5. The van der Waals surface area contributed by atoms with Crippen molar-refractivity contribution in [3.05, 3.63) is 35.9 Å². The number of benzene rings is 1. The molecule has 0 aromatic heterocycles. The maximum absolute atomic E-state index is 11.3. The van der Waals surface area contributed by atoms with Crippen LogP contribution in [0.2, 0.25) is 0 Å². The molecule has 2 atom stereocenters. The molecule has 0 amide bonds. The van der Waals surface area contributed by atoms with E-state index in [4.69, 9.17) is 18.9 Å². The lowest BCUT2D eigenvalue weighted by molar-refractivity contribution is -0.421. The number of esters is 5. The van der Waals surface area contributed by atoms with Crippen LogP contribution in [-0.4, -0.2) is 62.8 Å². The van der Waals surface area contributed by atoms with E-state index >= 15 is 0 Å². The lowest BCUT2D eigenvalue weighted by Gasteiger charge is -2.16. The molecular weight excluding hydrogens is 686 g/mol. The molecule has 1 aromatic rings. The molecule has 48 heavy (non-hydrogen) atoms. The van der Waals surface area contributed by atoms with Gasteiger partial charge in [-0.2, -0.15) is 0 Å². The van der Waals surface area contributed by atoms with Gasteiger partial charge in [-0.1, -0.05) is 58.0 Å². The van der Waals surface area contributed by atoms with Crippen LogP contribution in [0.4, 0.5) is 0 Å². The maximum atomic E-state index is 11.3. The molecule has 0 radical (unpaired) electrons. The van der Waals surface area contributed by atoms with E-state index in [9.17, 15) is 24.0 Å². The van der Waals surface area contributed by atoms with Gasteiger partial charge < -0.3 is 46.4 Å². The second-order valence-electron chi connectivity index (χ2n) is 12.0. The molecule has 2 aliphatic heterocycles.